The average Bonchev–Trinajstić information content (AvgIpc) is 3.31. The second-order valence-corrected chi connectivity index (χ2v) is 8.31. The van der Waals surface area contributed by atoms with Gasteiger partial charge in [0.2, 0.25) is 0 Å². The fraction of sp³-hybridized carbons (Fsp3) is 0.652. The lowest BCUT2D eigenvalue weighted by Gasteiger charge is -2.23. The normalized spacial score (nSPS) is 26.5. The van der Waals surface area contributed by atoms with E-state index in [2.05, 4.69) is 60.9 Å². The van der Waals surface area contributed by atoms with E-state index in [0.717, 1.165) is 19.5 Å². The molecule has 0 aliphatic carbocycles. The molecule has 2 aliphatic heterocycles. The van der Waals surface area contributed by atoms with Crippen molar-refractivity contribution in [3.63, 3.8) is 0 Å². The van der Waals surface area contributed by atoms with Crippen LogP contribution in [-0.4, -0.2) is 60.3 Å². The molecule has 1 aromatic rings. The molecule has 2 saturated heterocycles. The highest BCUT2D eigenvalue weighted by Gasteiger charge is 2.34. The Labute approximate surface area is 159 Å². The molecule has 144 valence electrons. The number of rotatable bonds is 7. The van der Waals surface area contributed by atoms with Gasteiger partial charge in [-0.15, -0.1) is 0 Å². The van der Waals surface area contributed by atoms with Gasteiger partial charge in [0.15, 0.2) is 0 Å². The summed E-state index contributed by atoms with van der Waals surface area (Å²) in [4.78, 5) is 5.02. The highest BCUT2D eigenvalue weighted by Crippen LogP contribution is 2.36. The van der Waals surface area contributed by atoms with Gasteiger partial charge in [0.05, 0.1) is 6.61 Å². The first kappa shape index (κ1) is 19.6. The Morgan fingerprint density at radius 1 is 1.19 bits per heavy atom. The van der Waals surface area contributed by atoms with Crippen molar-refractivity contribution in [1.29, 1.82) is 0 Å². The zero-order valence-corrected chi connectivity index (χ0v) is 16.8. The molecule has 0 radical (unpaired) electrons. The molecular weight excluding hydrogens is 320 g/mol. The fourth-order valence-electron chi connectivity index (χ4n) is 4.64. The molecule has 3 rings (SSSR count). The summed E-state index contributed by atoms with van der Waals surface area (Å²) in [6.45, 7) is 12.8. The number of nitrogens with zero attached hydrogens (tertiary/aromatic N) is 2. The molecule has 1 aromatic carbocycles. The van der Waals surface area contributed by atoms with Crippen LogP contribution in [0.2, 0.25) is 0 Å². The molecule has 2 heterocycles. The highest BCUT2D eigenvalue weighted by atomic mass is 16.3. The van der Waals surface area contributed by atoms with Crippen LogP contribution in [-0.2, 0) is 6.42 Å². The Morgan fingerprint density at radius 2 is 1.88 bits per heavy atom. The predicted molar refractivity (Wildman–Crippen MR) is 110 cm³/mol. The van der Waals surface area contributed by atoms with Crippen LogP contribution in [0.1, 0.15) is 44.7 Å². The second-order valence-electron chi connectivity index (χ2n) is 8.31. The summed E-state index contributed by atoms with van der Waals surface area (Å²) in [6, 6.07) is 9.54. The van der Waals surface area contributed by atoms with Crippen molar-refractivity contribution in [3.05, 3.63) is 41.5 Å². The predicted octanol–water partition coefficient (Wildman–Crippen LogP) is 3.68. The van der Waals surface area contributed by atoms with Gasteiger partial charge in [0.25, 0.3) is 0 Å². The lowest BCUT2D eigenvalue weighted by molar-refractivity contribution is 0.154. The highest BCUT2D eigenvalue weighted by molar-refractivity contribution is 5.68. The largest absolute Gasteiger partial charge is 0.395 e. The SMILES string of the molecule is C/C=C(/c1ccc(CCN2CCCC2)cc1)C1CN(C(C)CO)CC1C. The van der Waals surface area contributed by atoms with Crippen molar-refractivity contribution >= 4 is 5.57 Å². The number of benzene rings is 1. The molecule has 3 atom stereocenters. The number of likely N-dealkylation sites (tertiary alicyclic amines) is 2. The molecule has 0 aromatic heterocycles. The van der Waals surface area contributed by atoms with Crippen molar-refractivity contribution in [2.24, 2.45) is 11.8 Å². The van der Waals surface area contributed by atoms with Gasteiger partial charge in [-0.25, -0.2) is 0 Å². The quantitative estimate of drug-likeness (QED) is 0.807. The van der Waals surface area contributed by atoms with Crippen LogP contribution in [0.5, 0.6) is 0 Å². The summed E-state index contributed by atoms with van der Waals surface area (Å²) in [5.41, 5.74) is 4.29. The van der Waals surface area contributed by atoms with E-state index in [4.69, 9.17) is 0 Å². The molecule has 3 nitrogen and oxygen atoms in total. The zero-order valence-electron chi connectivity index (χ0n) is 16.8. The molecule has 0 bridgehead atoms. The summed E-state index contributed by atoms with van der Waals surface area (Å²) in [7, 11) is 0. The molecule has 0 spiro atoms. The van der Waals surface area contributed by atoms with Crippen LogP contribution in [0.4, 0.5) is 0 Å². The number of aliphatic hydroxyl groups is 1. The minimum absolute atomic E-state index is 0.246. The van der Waals surface area contributed by atoms with E-state index >= 15 is 0 Å². The molecule has 0 saturated carbocycles. The van der Waals surface area contributed by atoms with E-state index < -0.39 is 0 Å². The Morgan fingerprint density at radius 3 is 2.50 bits per heavy atom. The van der Waals surface area contributed by atoms with Gasteiger partial charge < -0.3 is 10.0 Å². The summed E-state index contributed by atoms with van der Waals surface area (Å²) in [5, 5.41) is 9.48. The van der Waals surface area contributed by atoms with Gasteiger partial charge in [0.1, 0.15) is 0 Å². The third-order valence-electron chi connectivity index (χ3n) is 6.44. The first-order valence-corrected chi connectivity index (χ1v) is 10.4. The van der Waals surface area contributed by atoms with Crippen molar-refractivity contribution in [2.45, 2.75) is 46.1 Å². The lowest BCUT2D eigenvalue weighted by Crippen LogP contribution is -2.33. The number of hydrogen-bond donors (Lipinski definition) is 1. The van der Waals surface area contributed by atoms with Crippen molar-refractivity contribution in [3.8, 4) is 0 Å². The monoisotopic (exact) mass is 356 g/mol. The molecule has 2 fully saturated rings. The first-order valence-electron chi connectivity index (χ1n) is 10.4. The Balaban J connectivity index is 1.63. The maximum Gasteiger partial charge on any atom is 0.0584 e. The van der Waals surface area contributed by atoms with Crippen LogP contribution >= 0.6 is 0 Å². The average molecular weight is 357 g/mol. The molecule has 1 N–H and O–H groups in total. The summed E-state index contributed by atoms with van der Waals surface area (Å²) in [5.74, 6) is 1.19. The summed E-state index contributed by atoms with van der Waals surface area (Å²) >= 11 is 0. The van der Waals surface area contributed by atoms with Crippen LogP contribution in [0.25, 0.3) is 5.57 Å². The van der Waals surface area contributed by atoms with Gasteiger partial charge in [0, 0.05) is 31.6 Å². The topological polar surface area (TPSA) is 26.7 Å². The second kappa shape index (κ2) is 9.16. The Bertz CT molecular complexity index is 589. The van der Waals surface area contributed by atoms with Gasteiger partial charge in [-0.2, -0.15) is 0 Å². The molecular formula is C23H36N2O. The molecule has 3 unspecified atom stereocenters. The molecule has 26 heavy (non-hydrogen) atoms. The third kappa shape index (κ3) is 4.57. The van der Waals surface area contributed by atoms with E-state index in [9.17, 15) is 5.11 Å². The lowest BCUT2D eigenvalue weighted by atomic mass is 9.85. The van der Waals surface area contributed by atoms with Crippen LogP contribution in [0.3, 0.4) is 0 Å². The number of allylic oxidation sites excluding steroid dienone is 1. The van der Waals surface area contributed by atoms with Crippen LogP contribution in [0.15, 0.2) is 30.3 Å². The van der Waals surface area contributed by atoms with Crippen molar-refractivity contribution < 1.29 is 5.11 Å². The van der Waals surface area contributed by atoms with E-state index in [-0.39, 0.29) is 12.6 Å². The smallest absolute Gasteiger partial charge is 0.0584 e. The summed E-state index contributed by atoms with van der Waals surface area (Å²) < 4.78 is 0. The van der Waals surface area contributed by atoms with Crippen molar-refractivity contribution in [1.82, 2.24) is 9.80 Å². The minimum Gasteiger partial charge on any atom is -0.395 e. The standard InChI is InChI=1S/C23H36N2O/c1-4-22(23-16-25(15-18(23)2)19(3)17-26)21-9-7-20(8-10-21)11-14-24-12-5-6-13-24/h4,7-10,18-19,23,26H,5-6,11-17H2,1-3H3/b22-4-. The fourth-order valence-corrected chi connectivity index (χ4v) is 4.64. The van der Waals surface area contributed by atoms with E-state index in [1.165, 1.54) is 49.2 Å². The van der Waals surface area contributed by atoms with E-state index in [1.807, 2.05) is 0 Å². The molecule has 3 heteroatoms. The number of hydrogen-bond acceptors (Lipinski definition) is 3. The zero-order chi connectivity index (χ0) is 18.5. The van der Waals surface area contributed by atoms with Crippen LogP contribution < -0.4 is 0 Å². The van der Waals surface area contributed by atoms with Crippen LogP contribution in [0, 0.1) is 11.8 Å². The maximum absolute atomic E-state index is 9.48. The molecule has 0 amide bonds. The molecule has 2 aliphatic rings. The third-order valence-corrected chi connectivity index (χ3v) is 6.44. The van der Waals surface area contributed by atoms with Crippen molar-refractivity contribution in [2.75, 3.05) is 39.3 Å². The van der Waals surface area contributed by atoms with E-state index in [0.29, 0.717) is 11.8 Å². The minimum atomic E-state index is 0.246. The maximum atomic E-state index is 9.48. The number of aliphatic hydroxyl groups excluding tert-OH is 1. The van der Waals surface area contributed by atoms with E-state index in [1.54, 1.807) is 0 Å². The summed E-state index contributed by atoms with van der Waals surface area (Å²) in [6.07, 6.45) is 6.20. The van der Waals surface area contributed by atoms with Gasteiger partial charge in [-0.1, -0.05) is 37.3 Å². The van der Waals surface area contributed by atoms with Gasteiger partial charge in [-0.05, 0) is 68.8 Å². The Hall–Kier alpha value is -1.16. The van der Waals surface area contributed by atoms with Gasteiger partial charge in [-0.3, -0.25) is 4.90 Å². The Kier molecular flexibility index (Phi) is 6.91. The first-order chi connectivity index (χ1) is 12.6. The van der Waals surface area contributed by atoms with Gasteiger partial charge >= 0.3 is 0 Å².